The van der Waals surface area contributed by atoms with Crippen molar-refractivity contribution in [3.8, 4) is 28.4 Å². The predicted molar refractivity (Wildman–Crippen MR) is 119 cm³/mol. The highest BCUT2D eigenvalue weighted by Crippen LogP contribution is 2.36. The molecule has 1 aliphatic carbocycles. The number of rotatable bonds is 4. The van der Waals surface area contributed by atoms with Gasteiger partial charge < -0.3 is 18.6 Å². The zero-order valence-electron chi connectivity index (χ0n) is 18.0. The lowest BCUT2D eigenvalue weighted by Gasteiger charge is -2.37. The number of methoxy groups -OCH3 is 2. The average molecular weight is 421 g/mol. The normalized spacial score (nSPS) is 17.2. The van der Waals surface area contributed by atoms with Crippen LogP contribution in [-0.2, 0) is 6.54 Å². The molecule has 6 heteroatoms. The van der Waals surface area contributed by atoms with Gasteiger partial charge in [0.25, 0.3) is 0 Å². The third-order valence-electron chi connectivity index (χ3n) is 6.53. The smallest absolute Gasteiger partial charge is 0.200 e. The summed E-state index contributed by atoms with van der Waals surface area (Å²) in [5, 5.41) is 0.570. The molecule has 162 valence electrons. The number of nitrogens with zero attached hydrogens (tertiary/aromatic N) is 1. The summed E-state index contributed by atoms with van der Waals surface area (Å²) in [7, 11) is 3.17. The van der Waals surface area contributed by atoms with Gasteiger partial charge in [0.15, 0.2) is 11.5 Å². The van der Waals surface area contributed by atoms with Crippen LogP contribution in [0.15, 0.2) is 45.8 Å². The van der Waals surface area contributed by atoms with Gasteiger partial charge in [0, 0.05) is 12.6 Å². The summed E-state index contributed by atoms with van der Waals surface area (Å²) < 4.78 is 22.8. The van der Waals surface area contributed by atoms with Crippen LogP contribution >= 0.6 is 0 Å². The van der Waals surface area contributed by atoms with Crippen LogP contribution in [0.5, 0.6) is 17.2 Å². The lowest BCUT2D eigenvalue weighted by molar-refractivity contribution is 0.0406. The molecule has 0 saturated heterocycles. The van der Waals surface area contributed by atoms with Crippen LogP contribution in [0.2, 0.25) is 0 Å². The first-order chi connectivity index (χ1) is 15.2. The van der Waals surface area contributed by atoms with Gasteiger partial charge in [-0.3, -0.25) is 9.69 Å². The van der Waals surface area contributed by atoms with Crippen molar-refractivity contribution >= 4 is 11.0 Å². The number of ether oxygens (including phenoxy) is 3. The molecule has 0 atom stereocenters. The number of fused-ring (bicyclic) bond motifs is 3. The fraction of sp³-hybridized carbons (Fsp3) is 0.400. The van der Waals surface area contributed by atoms with Crippen LogP contribution in [0.25, 0.3) is 22.1 Å². The van der Waals surface area contributed by atoms with Crippen molar-refractivity contribution in [3.05, 3.63) is 52.4 Å². The highest BCUT2D eigenvalue weighted by atomic mass is 16.5. The number of benzene rings is 2. The average Bonchev–Trinajstić information content (AvgIpc) is 2.84. The van der Waals surface area contributed by atoms with Crippen molar-refractivity contribution in [2.24, 2.45) is 0 Å². The summed E-state index contributed by atoms with van der Waals surface area (Å²) in [5.41, 5.74) is 2.74. The third-order valence-corrected chi connectivity index (χ3v) is 6.53. The monoisotopic (exact) mass is 421 g/mol. The van der Waals surface area contributed by atoms with Gasteiger partial charge in [-0.2, -0.15) is 0 Å². The summed E-state index contributed by atoms with van der Waals surface area (Å²) >= 11 is 0. The second-order valence-electron chi connectivity index (χ2n) is 8.28. The van der Waals surface area contributed by atoms with Crippen LogP contribution in [0.1, 0.15) is 37.7 Å². The maximum atomic E-state index is 13.4. The summed E-state index contributed by atoms with van der Waals surface area (Å²) in [6.45, 7) is 1.34. The van der Waals surface area contributed by atoms with Gasteiger partial charge in [-0.25, -0.2) is 0 Å². The van der Waals surface area contributed by atoms with E-state index in [1.165, 1.54) is 32.1 Å². The summed E-state index contributed by atoms with van der Waals surface area (Å²) in [6, 6.07) is 9.66. The molecule has 1 fully saturated rings. The molecule has 0 unspecified atom stereocenters. The maximum absolute atomic E-state index is 13.4. The lowest BCUT2D eigenvalue weighted by atomic mass is 9.93. The van der Waals surface area contributed by atoms with Crippen molar-refractivity contribution in [1.29, 1.82) is 0 Å². The van der Waals surface area contributed by atoms with Crippen molar-refractivity contribution < 1.29 is 18.6 Å². The standard InChI is InChI=1S/C25H27NO5/c1-28-22-10-8-16(12-23(22)29-2)20-14-30-25-18(24(20)27)9-11-21-19(25)13-26(15-31-21)17-6-4-3-5-7-17/h8-12,14,17H,3-7,13,15H2,1-2H3. The molecule has 0 radical (unpaired) electrons. The molecular weight excluding hydrogens is 394 g/mol. The quantitative estimate of drug-likeness (QED) is 0.593. The number of hydrogen-bond donors (Lipinski definition) is 0. The Kier molecular flexibility index (Phi) is 5.32. The highest BCUT2D eigenvalue weighted by Gasteiger charge is 2.28. The van der Waals surface area contributed by atoms with Gasteiger partial charge in [-0.1, -0.05) is 25.3 Å². The Balaban J connectivity index is 1.54. The molecule has 31 heavy (non-hydrogen) atoms. The Labute approximate surface area is 181 Å². The summed E-state index contributed by atoms with van der Waals surface area (Å²) in [5.74, 6) is 1.99. The second kappa shape index (κ2) is 8.27. The summed E-state index contributed by atoms with van der Waals surface area (Å²) in [6.07, 6.45) is 7.82. The van der Waals surface area contributed by atoms with E-state index in [-0.39, 0.29) is 5.43 Å². The van der Waals surface area contributed by atoms with E-state index in [9.17, 15) is 4.79 Å². The minimum Gasteiger partial charge on any atom is -0.493 e. The van der Waals surface area contributed by atoms with Crippen LogP contribution in [-0.4, -0.2) is 31.9 Å². The molecule has 3 aromatic rings. The molecule has 5 rings (SSSR count). The zero-order valence-corrected chi connectivity index (χ0v) is 18.0. The number of hydrogen-bond acceptors (Lipinski definition) is 6. The van der Waals surface area contributed by atoms with E-state index in [4.69, 9.17) is 18.6 Å². The molecular formula is C25H27NO5. The SMILES string of the molecule is COc1ccc(-c2coc3c4c(ccc3c2=O)OCN(C2CCCCC2)C4)cc1OC. The fourth-order valence-corrected chi connectivity index (χ4v) is 4.81. The molecule has 0 bridgehead atoms. The van der Waals surface area contributed by atoms with Gasteiger partial charge >= 0.3 is 0 Å². The van der Waals surface area contributed by atoms with Crippen molar-refractivity contribution in [2.75, 3.05) is 21.0 Å². The molecule has 0 spiro atoms. The van der Waals surface area contributed by atoms with Gasteiger partial charge in [-0.05, 0) is 42.7 Å². The van der Waals surface area contributed by atoms with Crippen molar-refractivity contribution in [3.63, 3.8) is 0 Å². The first-order valence-corrected chi connectivity index (χ1v) is 10.9. The van der Waals surface area contributed by atoms with E-state index < -0.39 is 0 Å². The molecule has 2 aliphatic rings. The molecule has 0 amide bonds. The molecule has 0 N–H and O–H groups in total. The molecule has 6 nitrogen and oxygen atoms in total. The van der Waals surface area contributed by atoms with E-state index in [1.807, 2.05) is 12.1 Å². The van der Waals surface area contributed by atoms with Gasteiger partial charge in [-0.15, -0.1) is 0 Å². The lowest BCUT2D eigenvalue weighted by Crippen LogP contribution is -2.41. The Morgan fingerprint density at radius 2 is 1.81 bits per heavy atom. The molecule has 1 aliphatic heterocycles. The molecule has 1 aromatic heterocycles. The van der Waals surface area contributed by atoms with Crippen LogP contribution in [0.4, 0.5) is 0 Å². The molecule has 2 aromatic carbocycles. The van der Waals surface area contributed by atoms with E-state index in [1.54, 1.807) is 38.7 Å². The van der Waals surface area contributed by atoms with Gasteiger partial charge in [0.05, 0.1) is 30.7 Å². The van der Waals surface area contributed by atoms with E-state index >= 15 is 0 Å². The first kappa shape index (κ1) is 19.9. The Bertz CT molecular complexity index is 1160. The van der Waals surface area contributed by atoms with Crippen LogP contribution in [0, 0.1) is 0 Å². The van der Waals surface area contributed by atoms with Gasteiger partial charge in [0.2, 0.25) is 5.43 Å². The Morgan fingerprint density at radius 3 is 2.58 bits per heavy atom. The molecule has 2 heterocycles. The zero-order chi connectivity index (χ0) is 21.4. The van der Waals surface area contributed by atoms with E-state index in [0.717, 1.165) is 23.4 Å². The minimum absolute atomic E-state index is 0.0638. The predicted octanol–water partition coefficient (Wildman–Crippen LogP) is 4.96. The highest BCUT2D eigenvalue weighted by molar-refractivity contribution is 5.86. The fourth-order valence-electron chi connectivity index (χ4n) is 4.81. The Hall–Kier alpha value is -2.99. The minimum atomic E-state index is -0.0638. The molecule has 1 saturated carbocycles. The maximum Gasteiger partial charge on any atom is 0.200 e. The van der Waals surface area contributed by atoms with E-state index in [2.05, 4.69) is 4.90 Å². The second-order valence-corrected chi connectivity index (χ2v) is 8.28. The van der Waals surface area contributed by atoms with Crippen molar-refractivity contribution in [1.82, 2.24) is 4.90 Å². The Morgan fingerprint density at radius 1 is 1.00 bits per heavy atom. The van der Waals surface area contributed by atoms with Crippen LogP contribution < -0.4 is 19.6 Å². The van der Waals surface area contributed by atoms with Gasteiger partial charge in [0.1, 0.15) is 24.3 Å². The third kappa shape index (κ3) is 3.55. The van der Waals surface area contributed by atoms with Crippen LogP contribution in [0.3, 0.4) is 0 Å². The summed E-state index contributed by atoms with van der Waals surface area (Å²) in [4.78, 5) is 15.7. The largest absolute Gasteiger partial charge is 0.493 e. The van der Waals surface area contributed by atoms with Crippen molar-refractivity contribution in [2.45, 2.75) is 44.7 Å². The van der Waals surface area contributed by atoms with E-state index in [0.29, 0.717) is 40.8 Å². The first-order valence-electron chi connectivity index (χ1n) is 10.9. The topological polar surface area (TPSA) is 61.1 Å².